The number of amides is 1. The van der Waals surface area contributed by atoms with Crippen LogP contribution in [0.1, 0.15) is 25.0 Å². The average Bonchev–Trinajstić information content (AvgIpc) is 2.47. The van der Waals surface area contributed by atoms with Gasteiger partial charge >= 0.3 is 5.97 Å². The first-order valence-corrected chi connectivity index (χ1v) is 7.72. The van der Waals surface area contributed by atoms with Crippen molar-refractivity contribution in [3.8, 4) is 0 Å². The van der Waals surface area contributed by atoms with Crippen molar-refractivity contribution < 1.29 is 14.3 Å². The summed E-state index contributed by atoms with van der Waals surface area (Å²) in [6, 6.07) is 5.74. The minimum absolute atomic E-state index is 0.0267. The van der Waals surface area contributed by atoms with Crippen LogP contribution in [-0.4, -0.2) is 49.1 Å². The van der Waals surface area contributed by atoms with Crippen LogP contribution in [0.2, 0.25) is 0 Å². The second-order valence-corrected chi connectivity index (χ2v) is 5.71. The van der Waals surface area contributed by atoms with Crippen molar-refractivity contribution in [2.24, 2.45) is 0 Å². The first-order valence-electron chi connectivity index (χ1n) is 7.72. The Balaban J connectivity index is 2.08. The summed E-state index contributed by atoms with van der Waals surface area (Å²) in [5.41, 5.74) is 3.31. The summed E-state index contributed by atoms with van der Waals surface area (Å²) in [5, 5.41) is 0. The lowest BCUT2D eigenvalue weighted by molar-refractivity contribution is -0.145. The standard InChI is InChI=1S/C17H24N2O3/c1-5-22-16(20)11-18-8-9-19(17(21)14(18)4)15-7-6-12(2)13(3)10-15/h6-7,10,14H,5,8-9,11H2,1-4H3. The van der Waals surface area contributed by atoms with Gasteiger partial charge in [-0.15, -0.1) is 0 Å². The van der Waals surface area contributed by atoms with Gasteiger partial charge in [-0.3, -0.25) is 14.5 Å². The van der Waals surface area contributed by atoms with Gasteiger partial charge in [0.1, 0.15) is 0 Å². The van der Waals surface area contributed by atoms with Crippen LogP contribution in [0.25, 0.3) is 0 Å². The Labute approximate surface area is 131 Å². The topological polar surface area (TPSA) is 49.9 Å². The van der Waals surface area contributed by atoms with Crippen LogP contribution in [0.4, 0.5) is 5.69 Å². The molecule has 1 aliphatic rings. The average molecular weight is 304 g/mol. The lowest BCUT2D eigenvalue weighted by Gasteiger charge is -2.38. The van der Waals surface area contributed by atoms with Gasteiger partial charge in [0.15, 0.2) is 0 Å². The van der Waals surface area contributed by atoms with Crippen LogP contribution >= 0.6 is 0 Å². The van der Waals surface area contributed by atoms with E-state index in [0.29, 0.717) is 19.7 Å². The van der Waals surface area contributed by atoms with E-state index in [0.717, 1.165) is 5.69 Å². The third-order valence-corrected chi connectivity index (χ3v) is 4.22. The number of hydrogen-bond acceptors (Lipinski definition) is 4. The highest BCUT2D eigenvalue weighted by Gasteiger charge is 2.33. The molecule has 5 nitrogen and oxygen atoms in total. The predicted molar refractivity (Wildman–Crippen MR) is 85.9 cm³/mol. The molecule has 120 valence electrons. The molecule has 0 aromatic heterocycles. The maximum absolute atomic E-state index is 12.6. The van der Waals surface area contributed by atoms with Crippen molar-refractivity contribution in [2.45, 2.75) is 33.7 Å². The first kappa shape index (κ1) is 16.5. The molecule has 1 aromatic carbocycles. The maximum Gasteiger partial charge on any atom is 0.320 e. The zero-order valence-corrected chi connectivity index (χ0v) is 13.8. The Morgan fingerprint density at radius 1 is 1.27 bits per heavy atom. The van der Waals surface area contributed by atoms with E-state index < -0.39 is 0 Å². The number of rotatable bonds is 4. The fraction of sp³-hybridized carbons (Fsp3) is 0.529. The zero-order valence-electron chi connectivity index (χ0n) is 13.8. The van der Waals surface area contributed by atoms with Gasteiger partial charge in [0.25, 0.3) is 0 Å². The molecule has 0 spiro atoms. The number of piperazine rings is 1. The summed E-state index contributed by atoms with van der Waals surface area (Å²) < 4.78 is 4.96. The molecule has 0 aliphatic carbocycles. The van der Waals surface area contributed by atoms with Gasteiger partial charge in [-0.05, 0) is 51.0 Å². The zero-order chi connectivity index (χ0) is 16.3. The largest absolute Gasteiger partial charge is 0.465 e. The van der Waals surface area contributed by atoms with E-state index in [4.69, 9.17) is 4.74 Å². The van der Waals surface area contributed by atoms with Gasteiger partial charge in [-0.25, -0.2) is 0 Å². The number of hydrogen-bond donors (Lipinski definition) is 0. The third kappa shape index (κ3) is 3.47. The highest BCUT2D eigenvalue weighted by Crippen LogP contribution is 2.23. The summed E-state index contributed by atoms with van der Waals surface area (Å²) in [7, 11) is 0. The fourth-order valence-electron chi connectivity index (χ4n) is 2.65. The van der Waals surface area contributed by atoms with E-state index in [-0.39, 0.29) is 24.5 Å². The van der Waals surface area contributed by atoms with Crippen molar-refractivity contribution in [1.82, 2.24) is 4.90 Å². The van der Waals surface area contributed by atoms with Crippen molar-refractivity contribution >= 4 is 17.6 Å². The summed E-state index contributed by atoms with van der Waals surface area (Å²) in [6.45, 7) is 9.51. The van der Waals surface area contributed by atoms with E-state index in [9.17, 15) is 9.59 Å². The number of benzene rings is 1. The summed E-state index contributed by atoms with van der Waals surface area (Å²) in [4.78, 5) is 27.9. The number of carbonyl (C=O) groups is 2. The molecule has 0 bridgehead atoms. The number of esters is 1. The molecule has 1 heterocycles. The maximum atomic E-state index is 12.6. The Hall–Kier alpha value is -1.88. The lowest BCUT2D eigenvalue weighted by Crippen LogP contribution is -2.57. The van der Waals surface area contributed by atoms with Crippen molar-refractivity contribution in [2.75, 3.05) is 31.1 Å². The van der Waals surface area contributed by atoms with E-state index in [1.807, 2.05) is 36.9 Å². The molecule has 2 rings (SSSR count). The monoisotopic (exact) mass is 304 g/mol. The molecule has 1 aromatic rings. The molecule has 0 N–H and O–H groups in total. The number of nitrogens with zero attached hydrogens (tertiary/aromatic N) is 2. The Kier molecular flexibility index (Phi) is 5.19. The number of anilines is 1. The quantitative estimate of drug-likeness (QED) is 0.797. The van der Waals surface area contributed by atoms with Gasteiger partial charge in [0, 0.05) is 18.8 Å². The number of aryl methyl sites for hydroxylation is 2. The van der Waals surface area contributed by atoms with Crippen LogP contribution in [-0.2, 0) is 14.3 Å². The van der Waals surface area contributed by atoms with E-state index >= 15 is 0 Å². The lowest BCUT2D eigenvalue weighted by atomic mass is 10.1. The van der Waals surface area contributed by atoms with E-state index in [2.05, 4.69) is 6.92 Å². The van der Waals surface area contributed by atoms with Crippen LogP contribution in [0, 0.1) is 13.8 Å². The molecular formula is C17H24N2O3. The van der Waals surface area contributed by atoms with Crippen LogP contribution in [0.3, 0.4) is 0 Å². The second-order valence-electron chi connectivity index (χ2n) is 5.71. The normalized spacial score (nSPS) is 19.4. The summed E-state index contributed by atoms with van der Waals surface area (Å²) >= 11 is 0. The molecule has 1 aliphatic heterocycles. The van der Waals surface area contributed by atoms with Crippen molar-refractivity contribution in [1.29, 1.82) is 0 Å². The highest BCUT2D eigenvalue weighted by molar-refractivity contribution is 5.98. The Bertz CT molecular complexity index is 571. The van der Waals surface area contributed by atoms with Crippen molar-refractivity contribution in [3.63, 3.8) is 0 Å². The van der Waals surface area contributed by atoms with Gasteiger partial charge in [-0.1, -0.05) is 6.07 Å². The highest BCUT2D eigenvalue weighted by atomic mass is 16.5. The molecule has 0 radical (unpaired) electrons. The van der Waals surface area contributed by atoms with Gasteiger partial charge in [-0.2, -0.15) is 0 Å². The fourth-order valence-corrected chi connectivity index (χ4v) is 2.65. The molecule has 1 amide bonds. The van der Waals surface area contributed by atoms with Crippen LogP contribution < -0.4 is 4.90 Å². The van der Waals surface area contributed by atoms with Crippen molar-refractivity contribution in [3.05, 3.63) is 29.3 Å². The summed E-state index contributed by atoms with van der Waals surface area (Å²) in [5.74, 6) is -0.249. The summed E-state index contributed by atoms with van der Waals surface area (Å²) in [6.07, 6.45) is 0. The molecule has 22 heavy (non-hydrogen) atoms. The van der Waals surface area contributed by atoms with E-state index in [1.54, 1.807) is 11.8 Å². The van der Waals surface area contributed by atoms with Gasteiger partial charge in [0.05, 0.1) is 19.2 Å². The third-order valence-electron chi connectivity index (χ3n) is 4.22. The minimum Gasteiger partial charge on any atom is -0.465 e. The predicted octanol–water partition coefficient (Wildman–Crippen LogP) is 1.90. The number of ether oxygens (including phenoxy) is 1. The number of carbonyl (C=O) groups excluding carboxylic acids is 2. The second kappa shape index (κ2) is 6.92. The van der Waals surface area contributed by atoms with Gasteiger partial charge in [0.2, 0.25) is 5.91 Å². The smallest absolute Gasteiger partial charge is 0.320 e. The minimum atomic E-state index is -0.320. The molecule has 0 saturated carbocycles. The Morgan fingerprint density at radius 2 is 2.00 bits per heavy atom. The van der Waals surface area contributed by atoms with Crippen LogP contribution in [0.5, 0.6) is 0 Å². The molecule has 1 saturated heterocycles. The first-order chi connectivity index (χ1) is 10.4. The molecule has 1 unspecified atom stereocenters. The van der Waals surface area contributed by atoms with Crippen LogP contribution in [0.15, 0.2) is 18.2 Å². The Morgan fingerprint density at radius 3 is 2.64 bits per heavy atom. The molecule has 1 atom stereocenters. The van der Waals surface area contributed by atoms with E-state index in [1.165, 1.54) is 11.1 Å². The SMILES string of the molecule is CCOC(=O)CN1CCN(c2ccc(C)c(C)c2)C(=O)C1C. The van der Waals surface area contributed by atoms with Gasteiger partial charge < -0.3 is 9.64 Å². The molecule has 1 fully saturated rings. The molecule has 5 heteroatoms. The molecular weight excluding hydrogens is 280 g/mol.